The minimum absolute atomic E-state index is 1.28. The maximum absolute atomic E-state index is 2.51. The molecular formula is C17H18. The highest BCUT2D eigenvalue weighted by Crippen LogP contribution is 2.44. The zero-order valence-electron chi connectivity index (χ0n) is 10.5. The molecule has 0 N–H and O–H groups in total. The Kier molecular flexibility index (Phi) is 1.91. The SMILES string of the molecule is Cc1cc2c3c(cc4c-3c(c1)CCC4)CCC2. The van der Waals surface area contributed by atoms with Crippen LogP contribution >= 0.6 is 0 Å². The highest BCUT2D eigenvalue weighted by Gasteiger charge is 2.26. The van der Waals surface area contributed by atoms with Crippen LogP contribution in [0.3, 0.4) is 0 Å². The van der Waals surface area contributed by atoms with E-state index in [1.165, 1.54) is 44.1 Å². The predicted octanol–water partition coefficient (Wildman–Crippen LogP) is 4.08. The van der Waals surface area contributed by atoms with E-state index in [4.69, 9.17) is 0 Å². The molecule has 0 spiro atoms. The first-order valence-corrected chi connectivity index (χ1v) is 6.90. The Morgan fingerprint density at radius 2 is 1.06 bits per heavy atom. The van der Waals surface area contributed by atoms with Gasteiger partial charge in [0.1, 0.15) is 0 Å². The fourth-order valence-corrected chi connectivity index (χ4v) is 3.87. The van der Waals surface area contributed by atoms with Crippen molar-refractivity contribution in [1.29, 1.82) is 0 Å². The van der Waals surface area contributed by atoms with Gasteiger partial charge in [0.15, 0.2) is 0 Å². The van der Waals surface area contributed by atoms with Gasteiger partial charge in [0.2, 0.25) is 0 Å². The third-order valence-corrected chi connectivity index (χ3v) is 4.47. The van der Waals surface area contributed by atoms with Gasteiger partial charge in [-0.2, -0.15) is 0 Å². The first-order chi connectivity index (χ1) is 8.33. The Labute approximate surface area is 103 Å². The van der Waals surface area contributed by atoms with Crippen molar-refractivity contribution in [3.05, 3.63) is 46.0 Å². The molecule has 0 radical (unpaired) electrons. The number of rotatable bonds is 0. The van der Waals surface area contributed by atoms with Crippen LogP contribution in [0.4, 0.5) is 0 Å². The van der Waals surface area contributed by atoms with Gasteiger partial charge in [-0.25, -0.2) is 0 Å². The molecule has 4 aliphatic carbocycles. The average molecular weight is 222 g/mol. The molecule has 0 bridgehead atoms. The van der Waals surface area contributed by atoms with E-state index in [0.717, 1.165) is 0 Å². The Morgan fingerprint density at radius 3 is 1.53 bits per heavy atom. The van der Waals surface area contributed by atoms with Crippen LogP contribution in [-0.2, 0) is 25.7 Å². The summed E-state index contributed by atoms with van der Waals surface area (Å²) in [5.74, 6) is 0. The maximum Gasteiger partial charge on any atom is -0.0114 e. The van der Waals surface area contributed by atoms with Crippen molar-refractivity contribution < 1.29 is 0 Å². The molecule has 0 heteroatoms. The molecule has 4 aliphatic rings. The molecule has 0 nitrogen and oxygen atoms in total. The zero-order chi connectivity index (χ0) is 11.4. The predicted molar refractivity (Wildman–Crippen MR) is 71.9 cm³/mol. The molecule has 0 unspecified atom stereocenters. The van der Waals surface area contributed by atoms with E-state index >= 15 is 0 Å². The minimum atomic E-state index is 1.28. The third-order valence-electron chi connectivity index (χ3n) is 4.47. The first-order valence-electron chi connectivity index (χ1n) is 6.90. The van der Waals surface area contributed by atoms with Crippen molar-refractivity contribution in [3.8, 4) is 11.1 Å². The van der Waals surface area contributed by atoms with Gasteiger partial charge in [0.25, 0.3) is 0 Å². The second-order valence-corrected chi connectivity index (χ2v) is 5.74. The monoisotopic (exact) mass is 222 g/mol. The summed E-state index contributed by atoms with van der Waals surface area (Å²) in [6.07, 6.45) is 7.83. The summed E-state index contributed by atoms with van der Waals surface area (Å²) in [5.41, 5.74) is 11.2. The molecule has 0 saturated carbocycles. The van der Waals surface area contributed by atoms with Gasteiger partial charge in [0, 0.05) is 0 Å². The van der Waals surface area contributed by atoms with E-state index in [1.807, 2.05) is 0 Å². The zero-order valence-corrected chi connectivity index (χ0v) is 10.5. The molecule has 0 saturated heterocycles. The van der Waals surface area contributed by atoms with Gasteiger partial charge in [-0.1, -0.05) is 23.8 Å². The molecule has 17 heavy (non-hydrogen) atoms. The summed E-state index contributed by atoms with van der Waals surface area (Å²) in [7, 11) is 0. The molecular weight excluding hydrogens is 204 g/mol. The molecule has 0 amide bonds. The summed E-state index contributed by atoms with van der Waals surface area (Å²) < 4.78 is 0. The molecule has 0 atom stereocenters. The van der Waals surface area contributed by atoms with Crippen LogP contribution in [0, 0.1) is 6.92 Å². The van der Waals surface area contributed by atoms with Crippen LogP contribution < -0.4 is 0 Å². The third kappa shape index (κ3) is 1.30. The first kappa shape index (κ1) is 9.70. The van der Waals surface area contributed by atoms with Gasteiger partial charge in [-0.15, -0.1) is 0 Å². The lowest BCUT2D eigenvalue weighted by Crippen LogP contribution is -2.02. The minimum Gasteiger partial charge on any atom is -0.0555 e. The fraction of sp³-hybridized carbons (Fsp3) is 0.412. The van der Waals surface area contributed by atoms with Crippen molar-refractivity contribution in [1.82, 2.24) is 0 Å². The van der Waals surface area contributed by atoms with Crippen molar-refractivity contribution in [2.24, 2.45) is 0 Å². The number of hydrogen-bond donors (Lipinski definition) is 0. The van der Waals surface area contributed by atoms with Crippen molar-refractivity contribution in [2.75, 3.05) is 0 Å². The van der Waals surface area contributed by atoms with Crippen LogP contribution in [0.5, 0.6) is 0 Å². The van der Waals surface area contributed by atoms with Gasteiger partial charge in [-0.3, -0.25) is 0 Å². The summed E-state index contributed by atoms with van der Waals surface area (Å²) in [6, 6.07) is 7.37. The molecule has 0 aromatic heterocycles. The van der Waals surface area contributed by atoms with E-state index in [-0.39, 0.29) is 0 Å². The highest BCUT2D eigenvalue weighted by molar-refractivity contribution is 5.82. The lowest BCUT2D eigenvalue weighted by atomic mass is 9.86. The van der Waals surface area contributed by atoms with Crippen LogP contribution in [0.25, 0.3) is 11.1 Å². The smallest absolute Gasteiger partial charge is 0.0114 e. The lowest BCUT2D eigenvalue weighted by Gasteiger charge is -2.18. The fourth-order valence-electron chi connectivity index (χ4n) is 3.87. The summed E-state index contributed by atoms with van der Waals surface area (Å²) in [6.45, 7) is 2.26. The molecule has 0 fully saturated rings. The highest BCUT2D eigenvalue weighted by atomic mass is 14.3. The van der Waals surface area contributed by atoms with E-state index in [9.17, 15) is 0 Å². The van der Waals surface area contributed by atoms with Gasteiger partial charge in [-0.05, 0) is 78.8 Å². The van der Waals surface area contributed by atoms with Crippen LogP contribution in [-0.4, -0.2) is 0 Å². The average Bonchev–Trinajstić information content (AvgIpc) is 2.61. The summed E-state index contributed by atoms with van der Waals surface area (Å²) in [4.78, 5) is 0. The normalized spacial score (nSPS) is 17.5. The Hall–Kier alpha value is -1.30. The van der Waals surface area contributed by atoms with Gasteiger partial charge < -0.3 is 0 Å². The van der Waals surface area contributed by atoms with Gasteiger partial charge in [0.05, 0.1) is 0 Å². The molecule has 4 rings (SSSR count). The second-order valence-electron chi connectivity index (χ2n) is 5.74. The molecule has 0 aromatic carbocycles. The van der Waals surface area contributed by atoms with Crippen molar-refractivity contribution >= 4 is 0 Å². The molecule has 86 valence electrons. The standard InChI is InChI=1S/C17H18/c1-11-8-12-4-2-6-14-10-15-7-3-5-13(9-11)17(15)16(12)14/h8-10H,2-7H2,1H3. The van der Waals surface area contributed by atoms with Crippen LogP contribution in [0.2, 0.25) is 0 Å². The lowest BCUT2D eigenvalue weighted by molar-refractivity contribution is 0.800. The number of aryl methyl sites for hydroxylation is 5. The number of hydrogen-bond acceptors (Lipinski definition) is 0. The van der Waals surface area contributed by atoms with E-state index in [2.05, 4.69) is 25.1 Å². The summed E-state index contributed by atoms with van der Waals surface area (Å²) >= 11 is 0. The Morgan fingerprint density at radius 1 is 0.647 bits per heavy atom. The Balaban J connectivity index is 2.15. The largest absolute Gasteiger partial charge is 0.0555 e. The van der Waals surface area contributed by atoms with E-state index in [1.54, 1.807) is 33.4 Å². The second kappa shape index (κ2) is 3.35. The maximum atomic E-state index is 2.51. The Bertz CT molecular complexity index is 529. The van der Waals surface area contributed by atoms with Gasteiger partial charge >= 0.3 is 0 Å². The van der Waals surface area contributed by atoms with Crippen molar-refractivity contribution in [2.45, 2.75) is 45.4 Å². The van der Waals surface area contributed by atoms with E-state index in [0.29, 0.717) is 0 Å². The van der Waals surface area contributed by atoms with E-state index < -0.39 is 0 Å². The molecule has 0 aliphatic heterocycles. The van der Waals surface area contributed by atoms with Crippen molar-refractivity contribution in [3.63, 3.8) is 0 Å². The van der Waals surface area contributed by atoms with Crippen LogP contribution in [0.1, 0.15) is 40.7 Å². The van der Waals surface area contributed by atoms with Crippen LogP contribution in [0.15, 0.2) is 18.2 Å². The topological polar surface area (TPSA) is 0 Å². The quantitative estimate of drug-likeness (QED) is 0.630. The molecule has 0 heterocycles. The summed E-state index contributed by atoms with van der Waals surface area (Å²) in [5, 5.41) is 0. The molecule has 0 aromatic rings.